The minimum Gasteiger partial charge on any atom is -0.272 e. The molecule has 5 rings (SSSR count). The molecule has 0 spiro atoms. The summed E-state index contributed by atoms with van der Waals surface area (Å²) in [7, 11) is 0. The number of pyridine rings is 2. The van der Waals surface area contributed by atoms with Crippen LogP contribution in [0.15, 0.2) is 36.8 Å². The lowest BCUT2D eigenvalue weighted by molar-refractivity contribution is -0.0624. The second kappa shape index (κ2) is 8.38. The van der Waals surface area contributed by atoms with Crippen molar-refractivity contribution in [3.63, 3.8) is 0 Å². The zero-order valence-corrected chi connectivity index (χ0v) is 17.4. The molecule has 29 heavy (non-hydrogen) atoms. The summed E-state index contributed by atoms with van der Waals surface area (Å²) in [4.78, 5) is 8.88. The summed E-state index contributed by atoms with van der Waals surface area (Å²) < 4.78 is 2.09. The number of hydrogen-bond donors (Lipinski definition) is 0. The van der Waals surface area contributed by atoms with Crippen molar-refractivity contribution in [1.82, 2.24) is 29.8 Å². The second-order valence-corrected chi connectivity index (χ2v) is 8.65. The fourth-order valence-electron chi connectivity index (χ4n) is 4.56. The number of nitrogens with zero attached hydrogens (tertiary/aromatic N) is 6. The minimum absolute atomic E-state index is 0.489. The van der Waals surface area contributed by atoms with Gasteiger partial charge in [-0.3, -0.25) is 9.67 Å². The van der Waals surface area contributed by atoms with Crippen molar-refractivity contribution >= 4 is 22.6 Å². The van der Waals surface area contributed by atoms with Crippen LogP contribution in [0.5, 0.6) is 0 Å². The number of piperidine rings is 2. The van der Waals surface area contributed by atoms with E-state index >= 15 is 0 Å². The van der Waals surface area contributed by atoms with Gasteiger partial charge >= 0.3 is 0 Å². The van der Waals surface area contributed by atoms with Gasteiger partial charge in [-0.1, -0.05) is 18.0 Å². The Kier molecular flexibility index (Phi) is 5.48. The van der Waals surface area contributed by atoms with E-state index in [4.69, 9.17) is 11.6 Å². The first-order valence-corrected chi connectivity index (χ1v) is 11.1. The van der Waals surface area contributed by atoms with Gasteiger partial charge in [0.15, 0.2) is 0 Å². The van der Waals surface area contributed by atoms with Crippen LogP contribution in [-0.2, 0) is 6.54 Å². The van der Waals surface area contributed by atoms with Crippen molar-refractivity contribution in [2.45, 2.75) is 38.6 Å². The highest BCUT2D eigenvalue weighted by Crippen LogP contribution is 2.25. The van der Waals surface area contributed by atoms with Gasteiger partial charge in [-0.05, 0) is 49.8 Å². The maximum Gasteiger partial charge on any atom is 0.129 e. The molecule has 0 amide bonds. The highest BCUT2D eigenvalue weighted by Gasteiger charge is 2.24. The third kappa shape index (κ3) is 4.29. The lowest BCUT2D eigenvalue weighted by Crippen LogP contribution is -2.49. The predicted molar refractivity (Wildman–Crippen MR) is 115 cm³/mol. The molecule has 3 aromatic heterocycles. The third-order valence-electron chi connectivity index (χ3n) is 6.24. The van der Waals surface area contributed by atoms with Crippen molar-refractivity contribution in [2.75, 3.05) is 26.2 Å². The van der Waals surface area contributed by atoms with Crippen LogP contribution in [0.3, 0.4) is 0 Å². The molecule has 2 fully saturated rings. The molecule has 0 saturated carbocycles. The molecule has 152 valence electrons. The Labute approximate surface area is 176 Å². The molecule has 2 aliphatic heterocycles. The largest absolute Gasteiger partial charge is 0.272 e. The van der Waals surface area contributed by atoms with Crippen molar-refractivity contribution in [3.8, 4) is 11.1 Å². The Morgan fingerprint density at radius 2 is 1.69 bits per heavy atom. The first-order valence-electron chi connectivity index (χ1n) is 10.7. The summed E-state index contributed by atoms with van der Waals surface area (Å²) in [5.74, 6) is 0.694. The van der Waals surface area contributed by atoms with Crippen LogP contribution in [-0.4, -0.2) is 55.9 Å². The molecule has 0 N–H and O–H groups in total. The number of aromatic nitrogens is 4. The topological polar surface area (TPSA) is 50.1 Å². The van der Waals surface area contributed by atoms with Crippen molar-refractivity contribution < 1.29 is 0 Å². The van der Waals surface area contributed by atoms with E-state index < -0.39 is 0 Å². The Morgan fingerprint density at radius 3 is 2.52 bits per heavy atom. The van der Waals surface area contributed by atoms with E-state index in [1.807, 2.05) is 24.5 Å². The molecule has 2 saturated heterocycles. The normalized spacial score (nSPS) is 19.8. The standard InChI is InChI=1S/C22H27ClN6/c23-22-5-4-20-21(26-22)12-18(13-24-20)19-14-25-27(16-19)15-17-6-10-29(11-7-17)28-8-2-1-3-9-28/h4-5,12-14,16-17H,1-3,6-11,15H2. The van der Waals surface area contributed by atoms with E-state index in [-0.39, 0.29) is 0 Å². The summed E-state index contributed by atoms with van der Waals surface area (Å²) in [5.41, 5.74) is 3.77. The van der Waals surface area contributed by atoms with E-state index in [0.717, 1.165) is 28.7 Å². The molecule has 0 aliphatic carbocycles. The minimum atomic E-state index is 0.489. The molecule has 0 unspecified atom stereocenters. The Bertz CT molecular complexity index is 972. The van der Waals surface area contributed by atoms with Gasteiger partial charge in [0.05, 0.1) is 17.2 Å². The number of rotatable bonds is 4. The van der Waals surface area contributed by atoms with E-state index in [9.17, 15) is 0 Å². The molecule has 0 atom stereocenters. The van der Waals surface area contributed by atoms with E-state index in [0.29, 0.717) is 11.1 Å². The van der Waals surface area contributed by atoms with Crippen LogP contribution in [0.4, 0.5) is 0 Å². The molecular formula is C22H27ClN6. The molecule has 7 heteroatoms. The summed E-state index contributed by atoms with van der Waals surface area (Å²) in [5, 5.41) is 10.3. The van der Waals surface area contributed by atoms with Gasteiger partial charge in [0, 0.05) is 56.2 Å². The van der Waals surface area contributed by atoms with Gasteiger partial charge in [-0.2, -0.15) is 5.10 Å². The highest BCUT2D eigenvalue weighted by atomic mass is 35.5. The number of fused-ring (bicyclic) bond motifs is 1. The fraction of sp³-hybridized carbons (Fsp3) is 0.500. The van der Waals surface area contributed by atoms with Gasteiger partial charge in [-0.25, -0.2) is 15.0 Å². The molecule has 0 aromatic carbocycles. The van der Waals surface area contributed by atoms with Crippen LogP contribution < -0.4 is 0 Å². The molecule has 0 bridgehead atoms. The third-order valence-corrected chi connectivity index (χ3v) is 6.45. The quantitative estimate of drug-likeness (QED) is 0.601. The SMILES string of the molecule is Clc1ccc2ncc(-c3cnn(CC4CCN(N5CCCCC5)CC4)c3)cc2n1. The van der Waals surface area contributed by atoms with Gasteiger partial charge in [-0.15, -0.1) is 0 Å². The monoisotopic (exact) mass is 410 g/mol. The van der Waals surface area contributed by atoms with Crippen LogP contribution in [0.2, 0.25) is 5.15 Å². The molecule has 6 nitrogen and oxygen atoms in total. The summed E-state index contributed by atoms with van der Waals surface area (Å²) in [6.45, 7) is 5.83. The van der Waals surface area contributed by atoms with Crippen LogP contribution in [0, 0.1) is 5.92 Å². The average Bonchev–Trinajstić information content (AvgIpc) is 3.23. The maximum absolute atomic E-state index is 6.03. The average molecular weight is 411 g/mol. The van der Waals surface area contributed by atoms with Gasteiger partial charge < -0.3 is 0 Å². The lowest BCUT2D eigenvalue weighted by atomic mass is 9.97. The smallest absolute Gasteiger partial charge is 0.129 e. The van der Waals surface area contributed by atoms with E-state index in [1.165, 1.54) is 58.3 Å². The fourth-order valence-corrected chi connectivity index (χ4v) is 4.72. The number of hydrogen-bond acceptors (Lipinski definition) is 5. The van der Waals surface area contributed by atoms with Crippen LogP contribution in [0.1, 0.15) is 32.1 Å². The Hall–Kier alpha value is -2.02. The van der Waals surface area contributed by atoms with Gasteiger partial charge in [0.25, 0.3) is 0 Å². The molecule has 0 radical (unpaired) electrons. The van der Waals surface area contributed by atoms with E-state index in [1.54, 1.807) is 6.07 Å². The zero-order chi connectivity index (χ0) is 19.6. The van der Waals surface area contributed by atoms with Crippen molar-refractivity contribution in [1.29, 1.82) is 0 Å². The van der Waals surface area contributed by atoms with Gasteiger partial charge in [0.1, 0.15) is 5.15 Å². The van der Waals surface area contributed by atoms with E-state index in [2.05, 4.69) is 36.0 Å². The van der Waals surface area contributed by atoms with Crippen LogP contribution in [0.25, 0.3) is 22.2 Å². The molecular weight excluding hydrogens is 384 g/mol. The summed E-state index contributed by atoms with van der Waals surface area (Å²) in [6.07, 6.45) is 12.5. The molecule has 2 aliphatic rings. The van der Waals surface area contributed by atoms with Crippen LogP contribution >= 0.6 is 11.6 Å². The highest BCUT2D eigenvalue weighted by molar-refractivity contribution is 6.29. The first-order chi connectivity index (χ1) is 14.2. The maximum atomic E-state index is 6.03. The van der Waals surface area contributed by atoms with Gasteiger partial charge in [0.2, 0.25) is 0 Å². The molecule has 5 heterocycles. The number of hydrazine groups is 1. The Balaban J connectivity index is 1.22. The predicted octanol–water partition coefficient (Wildman–Crippen LogP) is 4.26. The number of halogens is 1. The van der Waals surface area contributed by atoms with Crippen molar-refractivity contribution in [3.05, 3.63) is 41.9 Å². The summed E-state index contributed by atoms with van der Waals surface area (Å²) >= 11 is 6.03. The lowest BCUT2D eigenvalue weighted by Gasteiger charge is -2.41. The first kappa shape index (κ1) is 19.0. The van der Waals surface area contributed by atoms with Crippen molar-refractivity contribution in [2.24, 2.45) is 5.92 Å². The second-order valence-electron chi connectivity index (χ2n) is 8.26. The summed E-state index contributed by atoms with van der Waals surface area (Å²) in [6, 6.07) is 5.70. The zero-order valence-electron chi connectivity index (χ0n) is 16.7. The molecule has 3 aromatic rings. The Morgan fingerprint density at radius 1 is 0.897 bits per heavy atom.